The zero-order chi connectivity index (χ0) is 13.5. The number of urea groups is 1. The van der Waals surface area contributed by atoms with E-state index < -0.39 is 6.03 Å². The predicted molar refractivity (Wildman–Crippen MR) is 68.5 cm³/mol. The van der Waals surface area contributed by atoms with Crippen molar-refractivity contribution in [3.05, 3.63) is 11.5 Å². The molecule has 6 nitrogen and oxygen atoms in total. The minimum absolute atomic E-state index is 0.0962. The molecule has 0 aliphatic carbocycles. The van der Waals surface area contributed by atoms with Gasteiger partial charge >= 0.3 is 6.03 Å². The molecule has 0 aliphatic heterocycles. The molecule has 18 heavy (non-hydrogen) atoms. The largest absolute Gasteiger partial charge is 0.437 e. The molecule has 0 aliphatic rings. The lowest BCUT2D eigenvalue weighted by Crippen LogP contribution is -2.40. The maximum atomic E-state index is 11.4. The number of nitrogens with zero attached hydrogens (tertiary/aromatic N) is 1. The van der Waals surface area contributed by atoms with Crippen LogP contribution in [-0.2, 0) is 4.79 Å². The van der Waals surface area contributed by atoms with E-state index in [1.54, 1.807) is 0 Å². The highest BCUT2D eigenvalue weighted by Gasteiger charge is 2.11. The van der Waals surface area contributed by atoms with Crippen molar-refractivity contribution in [3.63, 3.8) is 0 Å². The number of rotatable bonds is 5. The van der Waals surface area contributed by atoms with E-state index >= 15 is 0 Å². The lowest BCUT2D eigenvalue weighted by atomic mass is 10.4. The average molecular weight is 271 g/mol. The Balaban J connectivity index is 2.30. The summed E-state index contributed by atoms with van der Waals surface area (Å²) in [5, 5.41) is 5.22. The summed E-state index contributed by atoms with van der Waals surface area (Å²) in [6.45, 7) is 6.13. The molecule has 0 spiro atoms. The number of carbonyl (C=O) groups is 2. The van der Waals surface area contributed by atoms with E-state index in [1.165, 1.54) is 0 Å². The van der Waals surface area contributed by atoms with E-state index in [9.17, 15) is 9.59 Å². The highest BCUT2D eigenvalue weighted by Crippen LogP contribution is 2.19. The molecule has 1 heterocycles. The van der Waals surface area contributed by atoms with Crippen molar-refractivity contribution in [1.82, 2.24) is 15.6 Å². The van der Waals surface area contributed by atoms with E-state index in [2.05, 4.69) is 15.6 Å². The molecule has 2 N–H and O–H groups in total. The fraction of sp³-hybridized carbons (Fsp3) is 0.545. The second kappa shape index (κ2) is 7.05. The Morgan fingerprint density at radius 3 is 2.67 bits per heavy atom. The number of carbonyl (C=O) groups excluding carboxylic acids is 2. The van der Waals surface area contributed by atoms with Crippen LogP contribution in [0, 0.1) is 13.8 Å². The van der Waals surface area contributed by atoms with Gasteiger partial charge in [-0.05, 0) is 20.3 Å². The van der Waals surface area contributed by atoms with Gasteiger partial charge < -0.3 is 9.73 Å². The van der Waals surface area contributed by atoms with Crippen molar-refractivity contribution < 1.29 is 14.0 Å². The summed E-state index contributed by atoms with van der Waals surface area (Å²) in [6, 6.07) is -0.470. The van der Waals surface area contributed by atoms with E-state index in [4.69, 9.17) is 4.42 Å². The molecule has 0 saturated heterocycles. The van der Waals surface area contributed by atoms with Gasteiger partial charge in [-0.1, -0.05) is 18.7 Å². The van der Waals surface area contributed by atoms with Gasteiger partial charge in [0.05, 0.1) is 11.4 Å². The lowest BCUT2D eigenvalue weighted by molar-refractivity contribution is -0.117. The third-order valence-corrected chi connectivity index (χ3v) is 2.95. The Hall–Kier alpha value is -1.50. The second-order valence-electron chi connectivity index (χ2n) is 3.71. The first-order valence-corrected chi connectivity index (χ1v) is 6.66. The first-order valence-electron chi connectivity index (χ1n) is 5.67. The number of imide groups is 1. The maximum Gasteiger partial charge on any atom is 0.321 e. The molecule has 0 fully saturated rings. The van der Waals surface area contributed by atoms with Crippen molar-refractivity contribution in [3.8, 4) is 0 Å². The van der Waals surface area contributed by atoms with Crippen molar-refractivity contribution in [2.24, 2.45) is 0 Å². The fourth-order valence-electron chi connectivity index (χ4n) is 1.08. The molecular formula is C11H17N3O3S. The van der Waals surface area contributed by atoms with Crippen LogP contribution >= 0.6 is 11.8 Å². The number of amides is 3. The van der Waals surface area contributed by atoms with Gasteiger partial charge in [0.15, 0.2) is 0 Å². The van der Waals surface area contributed by atoms with Crippen LogP contribution in [0.2, 0.25) is 0 Å². The minimum atomic E-state index is -0.470. The summed E-state index contributed by atoms with van der Waals surface area (Å²) in [5.41, 5.74) is 0.804. The van der Waals surface area contributed by atoms with Crippen molar-refractivity contribution in [1.29, 1.82) is 0 Å². The molecule has 0 saturated carbocycles. The number of oxazole rings is 1. The summed E-state index contributed by atoms with van der Waals surface area (Å²) in [5.74, 6) is 0.458. The number of nitrogens with one attached hydrogen (secondary N) is 2. The SMILES string of the molecule is CCCNC(=O)NC(=O)CSc1nc(C)c(C)o1. The molecule has 0 atom stereocenters. The average Bonchev–Trinajstić information content (AvgIpc) is 2.64. The zero-order valence-corrected chi connectivity index (χ0v) is 11.5. The van der Waals surface area contributed by atoms with Gasteiger partial charge in [0.2, 0.25) is 5.91 Å². The maximum absolute atomic E-state index is 11.4. The highest BCUT2D eigenvalue weighted by molar-refractivity contribution is 7.99. The number of hydrogen-bond donors (Lipinski definition) is 2. The lowest BCUT2D eigenvalue weighted by Gasteiger charge is -2.04. The molecule has 100 valence electrons. The van der Waals surface area contributed by atoms with Crippen molar-refractivity contribution in [2.75, 3.05) is 12.3 Å². The van der Waals surface area contributed by atoms with Crippen molar-refractivity contribution >= 4 is 23.7 Å². The van der Waals surface area contributed by atoms with Crippen LogP contribution in [0.5, 0.6) is 0 Å². The molecular weight excluding hydrogens is 254 g/mol. The molecule has 1 rings (SSSR count). The normalized spacial score (nSPS) is 10.2. The molecule has 0 aromatic carbocycles. The van der Waals surface area contributed by atoms with Crippen LogP contribution in [0.3, 0.4) is 0 Å². The van der Waals surface area contributed by atoms with Crippen LogP contribution in [0.25, 0.3) is 0 Å². The van der Waals surface area contributed by atoms with Crippen LogP contribution in [-0.4, -0.2) is 29.2 Å². The van der Waals surface area contributed by atoms with Crippen molar-refractivity contribution in [2.45, 2.75) is 32.4 Å². The van der Waals surface area contributed by atoms with Crippen LogP contribution in [0.15, 0.2) is 9.64 Å². The van der Waals surface area contributed by atoms with E-state index in [0.29, 0.717) is 11.8 Å². The van der Waals surface area contributed by atoms with E-state index in [1.807, 2.05) is 20.8 Å². The Morgan fingerprint density at radius 2 is 2.11 bits per heavy atom. The fourth-order valence-corrected chi connectivity index (χ4v) is 1.79. The van der Waals surface area contributed by atoms with E-state index in [0.717, 1.165) is 29.6 Å². The summed E-state index contributed by atoms with van der Waals surface area (Å²) in [7, 11) is 0. The van der Waals surface area contributed by atoms with Gasteiger partial charge in [0, 0.05) is 6.54 Å². The summed E-state index contributed by atoms with van der Waals surface area (Å²) in [6.07, 6.45) is 0.825. The summed E-state index contributed by atoms with van der Waals surface area (Å²) >= 11 is 1.16. The van der Waals surface area contributed by atoms with Gasteiger partial charge in [-0.25, -0.2) is 9.78 Å². The predicted octanol–water partition coefficient (Wildman–Crippen LogP) is 1.62. The summed E-state index contributed by atoms with van der Waals surface area (Å²) < 4.78 is 5.31. The van der Waals surface area contributed by atoms with Gasteiger partial charge in [-0.15, -0.1) is 0 Å². The number of thioether (sulfide) groups is 1. The Labute approximate surface area is 110 Å². The Kier molecular flexibility index (Phi) is 5.70. The van der Waals surface area contributed by atoms with Gasteiger partial charge in [0.25, 0.3) is 5.22 Å². The van der Waals surface area contributed by atoms with Gasteiger partial charge in [-0.2, -0.15) is 0 Å². The highest BCUT2D eigenvalue weighted by atomic mass is 32.2. The number of hydrogen-bond acceptors (Lipinski definition) is 5. The molecule has 1 aromatic heterocycles. The first kappa shape index (κ1) is 14.6. The van der Waals surface area contributed by atoms with Gasteiger partial charge in [0.1, 0.15) is 5.76 Å². The third-order valence-electron chi connectivity index (χ3n) is 2.12. The van der Waals surface area contributed by atoms with E-state index in [-0.39, 0.29) is 11.7 Å². The van der Waals surface area contributed by atoms with Crippen LogP contribution < -0.4 is 10.6 Å². The number of aryl methyl sites for hydroxylation is 2. The zero-order valence-electron chi connectivity index (χ0n) is 10.7. The van der Waals surface area contributed by atoms with Crippen LogP contribution in [0.4, 0.5) is 4.79 Å². The standard InChI is InChI=1S/C11H17N3O3S/c1-4-5-12-10(16)14-9(15)6-18-11-13-7(2)8(3)17-11/h4-6H2,1-3H3,(H2,12,14,15,16). The quantitative estimate of drug-likeness (QED) is 0.795. The molecule has 0 unspecified atom stereocenters. The Morgan fingerprint density at radius 1 is 1.39 bits per heavy atom. The Bertz CT molecular complexity index is 412. The number of aromatic nitrogens is 1. The molecule has 7 heteroatoms. The monoisotopic (exact) mass is 271 g/mol. The topological polar surface area (TPSA) is 84.2 Å². The second-order valence-corrected chi connectivity index (χ2v) is 4.64. The minimum Gasteiger partial charge on any atom is -0.437 e. The molecule has 1 aromatic rings. The third kappa shape index (κ3) is 4.79. The summed E-state index contributed by atoms with van der Waals surface area (Å²) in [4.78, 5) is 26.7. The van der Waals surface area contributed by atoms with Gasteiger partial charge in [-0.3, -0.25) is 10.1 Å². The first-order chi connectivity index (χ1) is 8.52. The molecule has 0 radical (unpaired) electrons. The van der Waals surface area contributed by atoms with Crippen LogP contribution in [0.1, 0.15) is 24.8 Å². The molecule has 0 bridgehead atoms. The molecule has 3 amide bonds. The smallest absolute Gasteiger partial charge is 0.321 e.